The van der Waals surface area contributed by atoms with Gasteiger partial charge in [0, 0.05) is 52.8 Å². The number of nitrogens with one attached hydrogen (secondary N) is 2. The van der Waals surface area contributed by atoms with Crippen molar-refractivity contribution < 1.29 is 14.1 Å². The van der Waals surface area contributed by atoms with Gasteiger partial charge in [0.05, 0.1) is 24.2 Å². The Morgan fingerprint density at radius 3 is 2.29 bits per heavy atom. The van der Waals surface area contributed by atoms with Crippen LogP contribution in [0.4, 0.5) is 16.3 Å². The molecule has 9 heteroatoms. The number of fused-ring (bicyclic) bond motifs is 1. The molecule has 6 aromatic rings. The first kappa shape index (κ1) is 32.7. The summed E-state index contributed by atoms with van der Waals surface area (Å²) < 4.78 is 20.6. The van der Waals surface area contributed by atoms with E-state index in [2.05, 4.69) is 48.5 Å². The van der Waals surface area contributed by atoms with E-state index >= 15 is 0 Å². The highest BCUT2D eigenvalue weighted by Gasteiger charge is 2.22. The van der Waals surface area contributed by atoms with Crippen LogP contribution in [0, 0.1) is 0 Å². The fraction of sp³-hybridized carbons (Fsp3) is 0.205. The van der Waals surface area contributed by atoms with E-state index in [1.807, 2.05) is 97.1 Å². The van der Waals surface area contributed by atoms with Crippen molar-refractivity contribution >= 4 is 35.5 Å². The summed E-state index contributed by atoms with van der Waals surface area (Å²) in [5.41, 5.74) is 5.04. The molecular weight excluding hydrogens is 617 g/mol. The van der Waals surface area contributed by atoms with Crippen molar-refractivity contribution in [2.45, 2.75) is 38.8 Å². The predicted molar refractivity (Wildman–Crippen MR) is 196 cm³/mol. The number of amides is 2. The maximum absolute atomic E-state index is 13.5. The van der Waals surface area contributed by atoms with E-state index in [4.69, 9.17) is 9.84 Å². The van der Waals surface area contributed by atoms with Crippen LogP contribution in [0.25, 0.3) is 16.5 Å². The molecule has 0 aliphatic heterocycles. The summed E-state index contributed by atoms with van der Waals surface area (Å²) in [4.78, 5) is 18.1. The van der Waals surface area contributed by atoms with Crippen LogP contribution in [0.15, 0.2) is 115 Å². The van der Waals surface area contributed by atoms with Gasteiger partial charge in [-0.2, -0.15) is 5.10 Å². The van der Waals surface area contributed by atoms with Crippen molar-refractivity contribution in [1.82, 2.24) is 14.8 Å². The van der Waals surface area contributed by atoms with Crippen LogP contribution in [0.1, 0.15) is 43.3 Å². The summed E-state index contributed by atoms with van der Waals surface area (Å²) in [5.74, 6) is 1.89. The molecule has 0 aliphatic carbocycles. The van der Waals surface area contributed by atoms with Gasteiger partial charge in [0.15, 0.2) is 0 Å². The van der Waals surface area contributed by atoms with Crippen molar-refractivity contribution in [3.8, 4) is 17.2 Å². The number of nitrogens with zero attached hydrogens (tertiary/aromatic N) is 3. The summed E-state index contributed by atoms with van der Waals surface area (Å²) in [6.45, 7) is 9.81. The Balaban J connectivity index is 1.24. The largest absolute Gasteiger partial charge is 0.457 e. The summed E-state index contributed by atoms with van der Waals surface area (Å²) in [6.07, 6.45) is 2.95. The van der Waals surface area contributed by atoms with Crippen LogP contribution >= 0.6 is 7.14 Å². The number of aromatic nitrogens is 3. The maximum atomic E-state index is 13.5. The van der Waals surface area contributed by atoms with Crippen LogP contribution in [0.3, 0.4) is 0 Å². The molecule has 6 rings (SSSR count). The van der Waals surface area contributed by atoms with Crippen LogP contribution in [-0.4, -0.2) is 34.1 Å². The fourth-order valence-electron chi connectivity index (χ4n) is 5.55. The molecular formula is C39H40N5O3P. The van der Waals surface area contributed by atoms with Crippen LogP contribution in [-0.2, 0) is 22.6 Å². The van der Waals surface area contributed by atoms with Crippen LogP contribution in [0.5, 0.6) is 11.5 Å². The predicted octanol–water partition coefficient (Wildman–Crippen LogP) is 9.87. The molecule has 0 spiro atoms. The van der Waals surface area contributed by atoms with Crippen molar-refractivity contribution in [1.29, 1.82) is 0 Å². The number of ether oxygens (including phenoxy) is 1. The number of carbonyl (C=O) groups is 1. The molecule has 0 saturated carbocycles. The fourth-order valence-corrected chi connectivity index (χ4v) is 6.62. The summed E-state index contributed by atoms with van der Waals surface area (Å²) in [7, 11) is -2.27. The van der Waals surface area contributed by atoms with Crippen LogP contribution in [0.2, 0.25) is 0 Å². The van der Waals surface area contributed by atoms with E-state index in [1.54, 1.807) is 24.2 Å². The van der Waals surface area contributed by atoms with Gasteiger partial charge in [0.1, 0.15) is 17.3 Å². The number of hydrogen-bond donors (Lipinski definition) is 2. The first-order valence-electron chi connectivity index (χ1n) is 15.9. The minimum Gasteiger partial charge on any atom is -0.457 e. The molecule has 0 atom stereocenters. The molecule has 2 N–H and O–H groups in total. The van der Waals surface area contributed by atoms with Gasteiger partial charge in [-0.05, 0) is 54.8 Å². The van der Waals surface area contributed by atoms with Gasteiger partial charge >= 0.3 is 6.03 Å². The molecule has 4 aromatic carbocycles. The molecule has 0 fully saturated rings. The SMILES string of the molecule is CC(C)(C)c1cc(NC(=O)Nc2ccc(Oc3ccnc(Cc4ccccc4)c3)c3ccccc23)n(-c2cccc(CP(C)(C)=O)c2)n1. The normalized spacial score (nSPS) is 11.8. The number of rotatable bonds is 9. The zero-order valence-electron chi connectivity index (χ0n) is 27.9. The molecule has 0 aliphatic rings. The molecule has 8 nitrogen and oxygen atoms in total. The Kier molecular flexibility index (Phi) is 9.20. The lowest BCUT2D eigenvalue weighted by molar-refractivity contribution is 0.262. The zero-order valence-corrected chi connectivity index (χ0v) is 28.8. The third-order valence-corrected chi connectivity index (χ3v) is 8.94. The lowest BCUT2D eigenvalue weighted by atomic mass is 9.92. The van der Waals surface area contributed by atoms with E-state index in [0.29, 0.717) is 35.6 Å². The number of pyridine rings is 1. The quantitative estimate of drug-likeness (QED) is 0.151. The molecule has 0 bridgehead atoms. The molecule has 2 amide bonds. The number of urea groups is 1. The Labute approximate surface area is 281 Å². The lowest BCUT2D eigenvalue weighted by Crippen LogP contribution is -2.21. The molecule has 0 unspecified atom stereocenters. The van der Waals surface area contributed by atoms with Crippen molar-refractivity contribution in [2.75, 3.05) is 24.0 Å². The Morgan fingerprint density at radius 1 is 0.812 bits per heavy atom. The van der Waals surface area contributed by atoms with E-state index < -0.39 is 13.2 Å². The van der Waals surface area contributed by atoms with Gasteiger partial charge in [-0.25, -0.2) is 9.48 Å². The summed E-state index contributed by atoms with van der Waals surface area (Å²) >= 11 is 0. The Bertz CT molecular complexity index is 2130. The number of anilines is 2. The van der Waals surface area contributed by atoms with Gasteiger partial charge in [-0.15, -0.1) is 0 Å². The second-order valence-corrected chi connectivity index (χ2v) is 16.9. The van der Waals surface area contributed by atoms with Crippen molar-refractivity contribution in [2.24, 2.45) is 0 Å². The molecule has 2 aromatic heterocycles. The van der Waals surface area contributed by atoms with Crippen LogP contribution < -0.4 is 15.4 Å². The number of carbonyl (C=O) groups excluding carboxylic acids is 1. The molecule has 244 valence electrons. The Hall–Kier alpha value is -5.20. The number of hydrogen-bond acceptors (Lipinski definition) is 5. The molecule has 0 saturated heterocycles. The highest BCUT2D eigenvalue weighted by Crippen LogP contribution is 2.41. The molecule has 0 radical (unpaired) electrons. The van der Waals surface area contributed by atoms with Gasteiger partial charge in [-0.1, -0.05) is 87.5 Å². The average molecular weight is 658 g/mol. The summed E-state index contributed by atoms with van der Waals surface area (Å²) in [6, 6.07) is 34.8. The minimum absolute atomic E-state index is 0.249. The molecule has 2 heterocycles. The van der Waals surface area contributed by atoms with E-state index in [0.717, 1.165) is 33.4 Å². The third kappa shape index (κ3) is 8.01. The third-order valence-electron chi connectivity index (χ3n) is 7.81. The van der Waals surface area contributed by atoms with E-state index in [-0.39, 0.29) is 5.41 Å². The molecule has 48 heavy (non-hydrogen) atoms. The van der Waals surface area contributed by atoms with E-state index in [1.165, 1.54) is 5.56 Å². The zero-order chi connectivity index (χ0) is 33.9. The van der Waals surface area contributed by atoms with Crippen molar-refractivity contribution in [3.63, 3.8) is 0 Å². The van der Waals surface area contributed by atoms with Crippen molar-refractivity contribution in [3.05, 3.63) is 138 Å². The monoisotopic (exact) mass is 657 g/mol. The standard InChI is InChI=1S/C39H40N5O3P/c1-39(2,3)36-25-37(44(43-36)30-15-11-14-28(23-30)26-48(4,5)46)42-38(45)41-34-18-19-35(33-17-10-9-16-32(33)34)47-31-20-21-40-29(24-31)22-27-12-7-6-8-13-27/h6-21,23-25H,22,26H2,1-5H3,(H2,41,42,45). The smallest absolute Gasteiger partial charge is 0.324 e. The van der Waals surface area contributed by atoms with Gasteiger partial charge < -0.3 is 14.6 Å². The van der Waals surface area contributed by atoms with E-state index in [9.17, 15) is 9.36 Å². The average Bonchev–Trinajstić information content (AvgIpc) is 3.47. The minimum atomic E-state index is -2.27. The highest BCUT2D eigenvalue weighted by molar-refractivity contribution is 7.61. The first-order valence-corrected chi connectivity index (χ1v) is 18.7. The maximum Gasteiger partial charge on any atom is 0.324 e. The number of benzene rings is 4. The highest BCUT2D eigenvalue weighted by atomic mass is 31.2. The lowest BCUT2D eigenvalue weighted by Gasteiger charge is -2.15. The second kappa shape index (κ2) is 13.5. The second-order valence-electron chi connectivity index (χ2n) is 13.5. The van der Waals surface area contributed by atoms with Gasteiger partial charge in [0.25, 0.3) is 0 Å². The first-order chi connectivity index (χ1) is 22.9. The Morgan fingerprint density at radius 2 is 1.54 bits per heavy atom. The topological polar surface area (TPSA) is 98.1 Å². The van der Waals surface area contributed by atoms with Gasteiger partial charge in [-0.3, -0.25) is 10.3 Å². The summed E-state index contributed by atoms with van der Waals surface area (Å²) in [5, 5.41) is 12.6. The van der Waals surface area contributed by atoms with Gasteiger partial charge in [0.2, 0.25) is 0 Å².